The maximum atomic E-state index is 12.0. The molecule has 110 valence electrons. The van der Waals surface area contributed by atoms with Crippen LogP contribution in [0.2, 0.25) is 0 Å². The van der Waals surface area contributed by atoms with Gasteiger partial charge in [-0.1, -0.05) is 30.3 Å². The van der Waals surface area contributed by atoms with E-state index in [-0.39, 0.29) is 5.56 Å². The lowest BCUT2D eigenvalue weighted by Gasteiger charge is -2.09. The minimum atomic E-state index is -3.63. The van der Waals surface area contributed by atoms with Crippen LogP contribution in [0.1, 0.15) is 11.1 Å². The normalized spacial score (nSPS) is 11.7. The van der Waals surface area contributed by atoms with Crippen molar-refractivity contribution < 1.29 is 8.42 Å². The third-order valence-electron chi connectivity index (χ3n) is 2.93. The highest BCUT2D eigenvalue weighted by Crippen LogP contribution is 2.14. The molecule has 0 atom stereocenters. The van der Waals surface area contributed by atoms with Crippen molar-refractivity contribution in [3.05, 3.63) is 69.5 Å². The first kappa shape index (κ1) is 15.1. The second-order valence-electron chi connectivity index (χ2n) is 4.68. The molecule has 0 saturated heterocycles. The number of hydrogen-bond acceptors (Lipinski definition) is 3. The smallest absolute Gasteiger partial charge is 0.255 e. The number of aromatic nitrogens is 1. The van der Waals surface area contributed by atoms with E-state index >= 15 is 0 Å². The lowest BCUT2D eigenvalue weighted by atomic mass is 10.2. The average Bonchev–Trinajstić information content (AvgIpc) is 2.44. The Kier molecular flexibility index (Phi) is 4.28. The van der Waals surface area contributed by atoms with E-state index in [4.69, 9.17) is 0 Å². The predicted molar refractivity (Wildman–Crippen MR) is 84.4 cm³/mol. The van der Waals surface area contributed by atoms with Crippen molar-refractivity contribution in [2.45, 2.75) is 6.92 Å². The van der Waals surface area contributed by atoms with Crippen LogP contribution in [0.25, 0.3) is 6.08 Å². The first-order valence-electron chi connectivity index (χ1n) is 6.31. The van der Waals surface area contributed by atoms with Crippen molar-refractivity contribution in [3.8, 4) is 0 Å². The molecule has 1 N–H and O–H groups in total. The Balaban J connectivity index is 2.24. The Labute approximate surface area is 123 Å². The zero-order valence-electron chi connectivity index (χ0n) is 11.8. The van der Waals surface area contributed by atoms with Crippen LogP contribution in [-0.4, -0.2) is 13.0 Å². The highest BCUT2D eigenvalue weighted by Gasteiger charge is 2.09. The molecule has 0 aliphatic heterocycles. The van der Waals surface area contributed by atoms with Crippen LogP contribution in [-0.2, 0) is 17.1 Å². The molecule has 0 aliphatic rings. The van der Waals surface area contributed by atoms with Crippen molar-refractivity contribution >= 4 is 21.8 Å². The lowest BCUT2D eigenvalue weighted by molar-refractivity contribution is 0.609. The first-order valence-corrected chi connectivity index (χ1v) is 7.85. The average molecular weight is 304 g/mol. The number of hydrogen-bond donors (Lipinski definition) is 1. The Bertz CT molecular complexity index is 822. The van der Waals surface area contributed by atoms with Crippen LogP contribution in [0, 0.1) is 6.92 Å². The quantitative estimate of drug-likeness (QED) is 0.940. The largest absolute Gasteiger partial charge is 0.316 e. The van der Waals surface area contributed by atoms with E-state index in [1.54, 1.807) is 14.0 Å². The van der Waals surface area contributed by atoms with Crippen LogP contribution in [0.4, 0.5) is 5.69 Å². The van der Waals surface area contributed by atoms with Crippen LogP contribution in [0.15, 0.2) is 52.8 Å². The second kappa shape index (κ2) is 5.97. The second-order valence-corrected chi connectivity index (χ2v) is 6.25. The van der Waals surface area contributed by atoms with Crippen molar-refractivity contribution in [2.24, 2.45) is 7.05 Å². The molecule has 0 radical (unpaired) electrons. The fourth-order valence-corrected chi connectivity index (χ4v) is 2.67. The van der Waals surface area contributed by atoms with Gasteiger partial charge in [0.1, 0.15) is 0 Å². The summed E-state index contributed by atoms with van der Waals surface area (Å²) in [5.74, 6) is 0. The van der Waals surface area contributed by atoms with E-state index in [1.165, 1.54) is 22.9 Å². The number of rotatable bonds is 4. The highest BCUT2D eigenvalue weighted by atomic mass is 32.2. The highest BCUT2D eigenvalue weighted by molar-refractivity contribution is 7.95. The Morgan fingerprint density at radius 2 is 1.86 bits per heavy atom. The maximum absolute atomic E-state index is 12.0. The van der Waals surface area contributed by atoms with Gasteiger partial charge in [-0.2, -0.15) is 0 Å². The summed E-state index contributed by atoms with van der Waals surface area (Å²) < 4.78 is 27.8. The molecule has 0 aliphatic carbocycles. The zero-order valence-corrected chi connectivity index (χ0v) is 12.6. The molecule has 1 heterocycles. The van der Waals surface area contributed by atoms with Crippen molar-refractivity contribution in [1.82, 2.24) is 4.57 Å². The molecular formula is C15H16N2O3S. The molecule has 2 rings (SSSR count). The summed E-state index contributed by atoms with van der Waals surface area (Å²) in [5.41, 5.74) is 1.57. The van der Waals surface area contributed by atoms with Gasteiger partial charge in [-0.05, 0) is 24.1 Å². The molecule has 0 amide bonds. The van der Waals surface area contributed by atoms with E-state index < -0.39 is 10.0 Å². The maximum Gasteiger partial charge on any atom is 0.255 e. The van der Waals surface area contributed by atoms with Crippen molar-refractivity contribution in [2.75, 3.05) is 4.72 Å². The fraction of sp³-hybridized carbons (Fsp3) is 0.133. The van der Waals surface area contributed by atoms with Gasteiger partial charge < -0.3 is 4.57 Å². The van der Waals surface area contributed by atoms with Gasteiger partial charge in [0.15, 0.2) is 0 Å². The molecule has 0 spiro atoms. The number of nitrogens with one attached hydrogen (secondary N) is 1. The molecule has 0 saturated carbocycles. The molecule has 0 unspecified atom stereocenters. The summed E-state index contributed by atoms with van der Waals surface area (Å²) >= 11 is 0. The fourth-order valence-electron chi connectivity index (χ4n) is 1.75. The Morgan fingerprint density at radius 1 is 1.19 bits per heavy atom. The Morgan fingerprint density at radius 3 is 2.52 bits per heavy atom. The zero-order chi connectivity index (χ0) is 15.5. The third-order valence-corrected chi connectivity index (χ3v) is 3.93. The van der Waals surface area contributed by atoms with Gasteiger partial charge in [-0.3, -0.25) is 9.52 Å². The summed E-state index contributed by atoms with van der Waals surface area (Å²) in [6, 6.07) is 10.5. The summed E-state index contributed by atoms with van der Waals surface area (Å²) in [4.78, 5) is 11.4. The van der Waals surface area contributed by atoms with Gasteiger partial charge >= 0.3 is 0 Å². The summed E-state index contributed by atoms with van der Waals surface area (Å²) in [5, 5.41) is 1.10. The predicted octanol–water partition coefficient (Wildman–Crippen LogP) is 2.11. The van der Waals surface area contributed by atoms with Crippen LogP contribution in [0.3, 0.4) is 0 Å². The van der Waals surface area contributed by atoms with Gasteiger partial charge in [-0.25, -0.2) is 8.42 Å². The topological polar surface area (TPSA) is 68.2 Å². The van der Waals surface area contributed by atoms with E-state index in [0.29, 0.717) is 11.3 Å². The number of pyridine rings is 1. The molecule has 21 heavy (non-hydrogen) atoms. The van der Waals surface area contributed by atoms with Gasteiger partial charge in [0.25, 0.3) is 15.6 Å². The number of aryl methyl sites for hydroxylation is 2. The SMILES string of the molecule is Cc1cc(=O)n(C)cc1NS(=O)(=O)/C=C/c1ccccc1. The van der Waals surface area contributed by atoms with Crippen molar-refractivity contribution in [1.29, 1.82) is 0 Å². The molecule has 0 fully saturated rings. The molecule has 0 bridgehead atoms. The summed E-state index contributed by atoms with van der Waals surface area (Å²) in [6.45, 7) is 1.68. The van der Waals surface area contributed by atoms with Crippen LogP contribution < -0.4 is 10.3 Å². The Hall–Kier alpha value is -2.34. The number of anilines is 1. The van der Waals surface area contributed by atoms with E-state index in [0.717, 1.165) is 11.0 Å². The van der Waals surface area contributed by atoms with E-state index in [1.807, 2.05) is 30.3 Å². The summed E-state index contributed by atoms with van der Waals surface area (Å²) in [7, 11) is -2.06. The van der Waals surface area contributed by atoms with Crippen LogP contribution >= 0.6 is 0 Å². The molecule has 1 aromatic carbocycles. The first-order chi connectivity index (χ1) is 9.87. The lowest BCUT2D eigenvalue weighted by Crippen LogP contribution is -2.18. The monoisotopic (exact) mass is 304 g/mol. The van der Waals surface area contributed by atoms with Crippen LogP contribution in [0.5, 0.6) is 0 Å². The van der Waals surface area contributed by atoms with Crippen molar-refractivity contribution in [3.63, 3.8) is 0 Å². The molecule has 6 heteroatoms. The number of sulfonamides is 1. The third kappa shape index (κ3) is 4.06. The van der Waals surface area contributed by atoms with Gasteiger partial charge in [-0.15, -0.1) is 0 Å². The standard InChI is InChI=1S/C15H16N2O3S/c1-12-10-15(18)17(2)11-14(12)16-21(19,20)9-8-13-6-4-3-5-7-13/h3-11,16H,1-2H3/b9-8+. The van der Waals surface area contributed by atoms with Gasteiger partial charge in [0.05, 0.1) is 11.1 Å². The number of benzene rings is 1. The minimum Gasteiger partial charge on any atom is -0.316 e. The molecule has 1 aromatic heterocycles. The van der Waals surface area contributed by atoms with Gasteiger partial charge in [0.2, 0.25) is 0 Å². The molecular weight excluding hydrogens is 288 g/mol. The van der Waals surface area contributed by atoms with E-state index in [2.05, 4.69) is 4.72 Å². The van der Waals surface area contributed by atoms with Gasteiger partial charge in [0, 0.05) is 19.3 Å². The minimum absolute atomic E-state index is 0.185. The molecule has 5 nitrogen and oxygen atoms in total. The van der Waals surface area contributed by atoms with E-state index in [9.17, 15) is 13.2 Å². The molecule has 2 aromatic rings. The number of nitrogens with zero attached hydrogens (tertiary/aromatic N) is 1. The summed E-state index contributed by atoms with van der Waals surface area (Å²) in [6.07, 6.45) is 2.98.